The van der Waals surface area contributed by atoms with E-state index in [9.17, 15) is 17.6 Å². The predicted octanol–water partition coefficient (Wildman–Crippen LogP) is 2.15. The van der Waals surface area contributed by atoms with Crippen molar-refractivity contribution in [1.82, 2.24) is 14.2 Å². The summed E-state index contributed by atoms with van der Waals surface area (Å²) in [6.45, 7) is 1.90. The van der Waals surface area contributed by atoms with E-state index in [1.807, 2.05) is 0 Å². The van der Waals surface area contributed by atoms with E-state index in [1.165, 1.54) is 28.7 Å². The van der Waals surface area contributed by atoms with Crippen molar-refractivity contribution in [2.75, 3.05) is 32.8 Å². The molecule has 1 atom stereocenters. The third-order valence-corrected chi connectivity index (χ3v) is 7.14. The topological polar surface area (TPSA) is 82.7 Å². The van der Waals surface area contributed by atoms with Crippen LogP contribution < -0.4 is 0 Å². The van der Waals surface area contributed by atoms with E-state index in [0.717, 1.165) is 18.4 Å². The number of morpholine rings is 1. The van der Waals surface area contributed by atoms with Crippen LogP contribution in [0.15, 0.2) is 41.4 Å². The van der Waals surface area contributed by atoms with Crippen LogP contribution in [0.25, 0.3) is 0 Å². The number of aromatic nitrogens is 1. The minimum Gasteiger partial charge on any atom is -0.379 e. The van der Waals surface area contributed by atoms with E-state index in [2.05, 4.69) is 4.98 Å². The van der Waals surface area contributed by atoms with Gasteiger partial charge in [0, 0.05) is 25.8 Å². The Hall–Kier alpha value is -2.23. The molecule has 0 spiro atoms. The molecular formula is C19H22FN3O4S. The summed E-state index contributed by atoms with van der Waals surface area (Å²) in [5.41, 5.74) is 1.11. The van der Waals surface area contributed by atoms with Crippen molar-refractivity contribution in [2.24, 2.45) is 0 Å². The number of rotatable bonds is 4. The van der Waals surface area contributed by atoms with Gasteiger partial charge in [-0.3, -0.25) is 4.79 Å². The number of nitrogens with one attached hydrogen (secondary N) is 1. The summed E-state index contributed by atoms with van der Waals surface area (Å²) >= 11 is 0. The zero-order chi connectivity index (χ0) is 19.7. The minimum absolute atomic E-state index is 0.0790. The van der Waals surface area contributed by atoms with Crippen molar-refractivity contribution >= 4 is 15.9 Å². The summed E-state index contributed by atoms with van der Waals surface area (Å²) in [4.78, 5) is 17.6. The Kier molecular flexibility index (Phi) is 5.22. The van der Waals surface area contributed by atoms with E-state index in [1.54, 1.807) is 17.0 Å². The standard InChI is InChI=1S/C19H22FN3O4S/c20-15-5-3-14(4-6-15)18-2-1-7-23(18)19(24)17-12-16(13-21-17)28(25,26)22-8-10-27-11-9-22/h3-6,12-13,18,21H,1-2,7-11H2. The molecule has 0 bridgehead atoms. The average molecular weight is 407 g/mol. The molecule has 1 aromatic carbocycles. The van der Waals surface area contributed by atoms with Gasteiger partial charge in [-0.25, -0.2) is 12.8 Å². The molecule has 3 heterocycles. The SMILES string of the molecule is O=C(c1cc(S(=O)(=O)N2CCOCC2)c[nH]1)N1CCCC1c1ccc(F)cc1. The van der Waals surface area contributed by atoms with Gasteiger partial charge in [0.25, 0.3) is 5.91 Å². The van der Waals surface area contributed by atoms with Gasteiger partial charge in [-0.15, -0.1) is 0 Å². The van der Waals surface area contributed by atoms with Crippen LogP contribution >= 0.6 is 0 Å². The van der Waals surface area contributed by atoms with Gasteiger partial charge in [0.1, 0.15) is 16.4 Å². The Morgan fingerprint density at radius 1 is 1.14 bits per heavy atom. The maximum Gasteiger partial charge on any atom is 0.270 e. The molecule has 0 aliphatic carbocycles. The third kappa shape index (κ3) is 3.57. The van der Waals surface area contributed by atoms with Gasteiger partial charge in [-0.2, -0.15) is 4.31 Å². The number of amides is 1. The summed E-state index contributed by atoms with van der Waals surface area (Å²) in [5.74, 6) is -0.572. The molecular weight excluding hydrogens is 385 g/mol. The normalized spacial score (nSPS) is 21.2. The second-order valence-corrected chi connectivity index (χ2v) is 8.91. The van der Waals surface area contributed by atoms with Crippen LogP contribution in [-0.4, -0.2) is 61.4 Å². The highest BCUT2D eigenvalue weighted by molar-refractivity contribution is 7.89. The Morgan fingerprint density at radius 2 is 1.86 bits per heavy atom. The second-order valence-electron chi connectivity index (χ2n) is 6.97. The molecule has 1 N–H and O–H groups in total. The summed E-state index contributed by atoms with van der Waals surface area (Å²) in [5, 5.41) is 0. The van der Waals surface area contributed by atoms with E-state index >= 15 is 0 Å². The van der Waals surface area contributed by atoms with Crippen LogP contribution in [0.3, 0.4) is 0 Å². The van der Waals surface area contributed by atoms with E-state index < -0.39 is 10.0 Å². The number of hydrogen-bond donors (Lipinski definition) is 1. The number of nitrogens with zero attached hydrogens (tertiary/aromatic N) is 2. The molecule has 9 heteroatoms. The van der Waals surface area contributed by atoms with Crippen LogP contribution in [0.2, 0.25) is 0 Å². The fourth-order valence-electron chi connectivity index (χ4n) is 3.78. The Bertz CT molecular complexity index is 952. The van der Waals surface area contributed by atoms with E-state index in [0.29, 0.717) is 32.8 Å². The van der Waals surface area contributed by atoms with Gasteiger partial charge in [0.05, 0.1) is 19.3 Å². The Morgan fingerprint density at radius 3 is 2.57 bits per heavy atom. The lowest BCUT2D eigenvalue weighted by molar-refractivity contribution is 0.0727. The Balaban J connectivity index is 1.54. The molecule has 0 radical (unpaired) electrons. The van der Waals surface area contributed by atoms with Crippen LogP contribution in [0.5, 0.6) is 0 Å². The lowest BCUT2D eigenvalue weighted by atomic mass is 10.0. The molecule has 0 saturated carbocycles. The summed E-state index contributed by atoms with van der Waals surface area (Å²) in [6.07, 6.45) is 2.99. The molecule has 2 aliphatic rings. The number of halogens is 1. The molecule has 1 aromatic heterocycles. The number of likely N-dealkylation sites (tertiary alicyclic amines) is 1. The van der Waals surface area contributed by atoms with Crippen molar-refractivity contribution in [3.05, 3.63) is 53.6 Å². The number of H-pyrrole nitrogens is 1. The van der Waals surface area contributed by atoms with E-state index in [4.69, 9.17) is 4.74 Å². The van der Waals surface area contributed by atoms with Crippen molar-refractivity contribution in [3.8, 4) is 0 Å². The molecule has 28 heavy (non-hydrogen) atoms. The third-order valence-electron chi connectivity index (χ3n) is 5.26. The fourth-order valence-corrected chi connectivity index (χ4v) is 5.18. The second kappa shape index (κ2) is 7.65. The first-order valence-corrected chi connectivity index (χ1v) is 10.7. The quantitative estimate of drug-likeness (QED) is 0.842. The van der Waals surface area contributed by atoms with Crippen molar-refractivity contribution in [2.45, 2.75) is 23.8 Å². The number of hydrogen-bond acceptors (Lipinski definition) is 4. The van der Waals surface area contributed by atoms with Crippen molar-refractivity contribution in [1.29, 1.82) is 0 Å². The zero-order valence-corrected chi connectivity index (χ0v) is 16.1. The number of ether oxygens (including phenoxy) is 1. The van der Waals surface area contributed by atoms with Gasteiger partial charge in [0.15, 0.2) is 0 Å². The van der Waals surface area contributed by atoms with Crippen LogP contribution in [0.1, 0.15) is 34.9 Å². The molecule has 1 unspecified atom stereocenters. The minimum atomic E-state index is -3.66. The molecule has 2 aromatic rings. The Labute approximate surface area is 163 Å². The maximum atomic E-state index is 13.2. The first-order chi connectivity index (χ1) is 13.5. The van der Waals surface area contributed by atoms with E-state index in [-0.39, 0.29) is 28.4 Å². The van der Waals surface area contributed by atoms with Crippen LogP contribution in [0, 0.1) is 5.82 Å². The van der Waals surface area contributed by atoms with Gasteiger partial charge in [0.2, 0.25) is 10.0 Å². The molecule has 7 nitrogen and oxygen atoms in total. The smallest absolute Gasteiger partial charge is 0.270 e. The maximum absolute atomic E-state index is 13.2. The number of carbonyl (C=O) groups is 1. The molecule has 4 rings (SSSR count). The van der Waals surface area contributed by atoms with Crippen LogP contribution in [0.4, 0.5) is 4.39 Å². The molecule has 1 amide bonds. The molecule has 150 valence electrons. The fraction of sp³-hybridized carbons (Fsp3) is 0.421. The summed E-state index contributed by atoms with van der Waals surface area (Å²) in [6, 6.07) is 7.41. The molecule has 2 aliphatic heterocycles. The lowest BCUT2D eigenvalue weighted by Gasteiger charge is -2.25. The average Bonchev–Trinajstić information content (AvgIpc) is 3.39. The summed E-state index contributed by atoms with van der Waals surface area (Å²) < 4.78 is 45.3. The molecule has 2 fully saturated rings. The monoisotopic (exact) mass is 407 g/mol. The highest BCUT2D eigenvalue weighted by Crippen LogP contribution is 2.33. The van der Waals surface area contributed by atoms with Crippen LogP contribution in [-0.2, 0) is 14.8 Å². The van der Waals surface area contributed by atoms with Gasteiger partial charge in [-0.05, 0) is 36.6 Å². The summed E-state index contributed by atoms with van der Waals surface area (Å²) in [7, 11) is -3.66. The van der Waals surface area contributed by atoms with Gasteiger partial charge in [-0.1, -0.05) is 12.1 Å². The highest BCUT2D eigenvalue weighted by atomic mass is 32.2. The van der Waals surface area contributed by atoms with Gasteiger partial charge >= 0.3 is 0 Å². The first-order valence-electron chi connectivity index (χ1n) is 9.29. The first kappa shape index (κ1) is 19.1. The number of aromatic amines is 1. The zero-order valence-electron chi connectivity index (χ0n) is 15.3. The predicted molar refractivity (Wildman–Crippen MR) is 99.8 cm³/mol. The largest absolute Gasteiger partial charge is 0.379 e. The highest BCUT2D eigenvalue weighted by Gasteiger charge is 2.33. The number of benzene rings is 1. The number of carbonyl (C=O) groups excluding carboxylic acids is 1. The van der Waals surface area contributed by atoms with Crippen molar-refractivity contribution < 1.29 is 22.3 Å². The van der Waals surface area contributed by atoms with Gasteiger partial charge < -0.3 is 14.6 Å². The molecule has 2 saturated heterocycles. The number of sulfonamides is 1. The lowest BCUT2D eigenvalue weighted by Crippen LogP contribution is -2.40. The van der Waals surface area contributed by atoms with Crippen molar-refractivity contribution in [3.63, 3.8) is 0 Å².